The van der Waals surface area contributed by atoms with Crippen molar-refractivity contribution in [2.45, 2.75) is 19.0 Å². The first-order chi connectivity index (χ1) is 21.9. The second-order valence-electron chi connectivity index (χ2n) is 11.7. The van der Waals surface area contributed by atoms with Crippen LogP contribution in [0.15, 0.2) is 101 Å². The Morgan fingerprint density at radius 1 is 0.889 bits per heavy atom. The summed E-state index contributed by atoms with van der Waals surface area (Å²) < 4.78 is 11.8. The highest BCUT2D eigenvalue weighted by atomic mass is 35.5. The molecule has 2 fully saturated rings. The van der Waals surface area contributed by atoms with Crippen molar-refractivity contribution in [3.8, 4) is 17.1 Å². The molecule has 4 heterocycles. The summed E-state index contributed by atoms with van der Waals surface area (Å²) in [4.78, 5) is 46.2. The van der Waals surface area contributed by atoms with Gasteiger partial charge in [0.2, 0.25) is 11.8 Å². The average molecular weight is 615 g/mol. The van der Waals surface area contributed by atoms with Crippen molar-refractivity contribution >= 4 is 57.6 Å². The molecule has 45 heavy (non-hydrogen) atoms. The number of amides is 2. The fourth-order valence-corrected chi connectivity index (χ4v) is 7.37. The number of fused-ring (bicyclic) bond motifs is 7. The van der Waals surface area contributed by atoms with Crippen LogP contribution in [0.2, 0.25) is 5.02 Å². The van der Waals surface area contributed by atoms with Crippen molar-refractivity contribution in [2.24, 2.45) is 11.8 Å². The third-order valence-corrected chi connectivity index (χ3v) is 9.52. The molecular formula is C37H27ClN2O5. The standard InChI is InChI=1S/C37H27ClN2O5/c1-20-8-10-21(11-9-20)29-19-23-18-27(38)26-16-17-28-30-31(37(43)39(36(30)42)24-12-14-25(44-2)15-13-24)33(40(28)32(26)35(23)45-29)34(41)22-6-4-3-5-7-22/h3-19,28,30-31,33H,1-2H3. The number of aryl methyl sites for hydroxylation is 1. The van der Waals surface area contributed by atoms with E-state index < -0.39 is 29.8 Å². The molecule has 0 saturated carbocycles. The summed E-state index contributed by atoms with van der Waals surface area (Å²) in [6.07, 6.45) is 3.77. The molecule has 4 atom stereocenters. The van der Waals surface area contributed by atoms with E-state index in [0.717, 1.165) is 16.5 Å². The van der Waals surface area contributed by atoms with Gasteiger partial charge < -0.3 is 14.1 Å². The first-order valence-electron chi connectivity index (χ1n) is 14.8. The van der Waals surface area contributed by atoms with Crippen LogP contribution >= 0.6 is 11.6 Å². The summed E-state index contributed by atoms with van der Waals surface area (Å²) >= 11 is 6.88. The van der Waals surface area contributed by atoms with Gasteiger partial charge in [0.05, 0.1) is 41.4 Å². The number of imide groups is 1. The number of nitrogens with zero attached hydrogens (tertiary/aromatic N) is 2. The van der Waals surface area contributed by atoms with Crippen molar-refractivity contribution in [2.75, 3.05) is 16.9 Å². The summed E-state index contributed by atoms with van der Waals surface area (Å²) in [6.45, 7) is 2.03. The maximum absolute atomic E-state index is 14.5. The molecule has 2 amide bonds. The number of Topliss-reactive ketones (excluding diaryl/α,β-unsaturated/α-hetero) is 1. The van der Waals surface area contributed by atoms with Gasteiger partial charge in [0.25, 0.3) is 0 Å². The molecule has 3 aliphatic rings. The molecule has 8 heteroatoms. The number of hydrogen-bond donors (Lipinski definition) is 0. The first kappa shape index (κ1) is 27.4. The molecule has 2 saturated heterocycles. The number of rotatable bonds is 5. The Balaban J connectivity index is 1.31. The first-order valence-corrected chi connectivity index (χ1v) is 15.1. The van der Waals surface area contributed by atoms with Gasteiger partial charge in [-0.15, -0.1) is 0 Å². The zero-order valence-corrected chi connectivity index (χ0v) is 25.2. The summed E-state index contributed by atoms with van der Waals surface area (Å²) in [5.74, 6) is -1.45. The molecule has 5 aromatic rings. The van der Waals surface area contributed by atoms with Crippen molar-refractivity contribution in [3.63, 3.8) is 0 Å². The quantitative estimate of drug-likeness (QED) is 0.152. The fourth-order valence-electron chi connectivity index (χ4n) is 7.10. The number of ketones is 1. The van der Waals surface area contributed by atoms with Crippen molar-refractivity contribution in [1.29, 1.82) is 0 Å². The van der Waals surface area contributed by atoms with E-state index in [-0.39, 0.29) is 11.7 Å². The second-order valence-corrected chi connectivity index (χ2v) is 12.1. The molecule has 0 bridgehead atoms. The molecule has 4 unspecified atom stereocenters. The van der Waals surface area contributed by atoms with Crippen LogP contribution in [-0.4, -0.2) is 36.8 Å². The minimum absolute atomic E-state index is 0.245. The lowest BCUT2D eigenvalue weighted by atomic mass is 9.86. The Morgan fingerprint density at radius 2 is 1.60 bits per heavy atom. The average Bonchev–Trinajstić information content (AvgIpc) is 3.72. The monoisotopic (exact) mass is 614 g/mol. The summed E-state index contributed by atoms with van der Waals surface area (Å²) in [5, 5.41) is 1.26. The van der Waals surface area contributed by atoms with Crippen molar-refractivity contribution in [3.05, 3.63) is 119 Å². The third kappa shape index (κ3) is 4.07. The van der Waals surface area contributed by atoms with E-state index >= 15 is 0 Å². The van der Waals surface area contributed by atoms with Gasteiger partial charge in [0, 0.05) is 22.1 Å². The molecule has 3 aliphatic heterocycles. The number of anilines is 2. The molecule has 222 valence electrons. The van der Waals surface area contributed by atoms with Crippen LogP contribution in [0.3, 0.4) is 0 Å². The number of methoxy groups -OCH3 is 1. The van der Waals surface area contributed by atoms with Crippen molar-refractivity contribution < 1.29 is 23.5 Å². The minimum Gasteiger partial charge on any atom is -0.497 e. The number of carbonyl (C=O) groups is 3. The second kappa shape index (κ2) is 10.2. The Kier molecular flexibility index (Phi) is 6.22. The Morgan fingerprint density at radius 3 is 2.31 bits per heavy atom. The fraction of sp³-hybridized carbons (Fsp3) is 0.162. The van der Waals surface area contributed by atoms with Crippen LogP contribution in [0.5, 0.6) is 5.75 Å². The normalized spacial score (nSPS) is 21.7. The molecule has 8 rings (SSSR count). The van der Waals surface area contributed by atoms with Crippen LogP contribution in [0.25, 0.3) is 28.4 Å². The number of carbonyl (C=O) groups excluding carboxylic acids is 3. The van der Waals surface area contributed by atoms with Crippen LogP contribution in [0.4, 0.5) is 11.4 Å². The molecule has 0 radical (unpaired) electrons. The molecule has 0 N–H and O–H groups in total. The third-order valence-electron chi connectivity index (χ3n) is 9.21. The number of furan rings is 1. The van der Waals surface area contributed by atoms with Gasteiger partial charge >= 0.3 is 0 Å². The minimum atomic E-state index is -0.972. The van der Waals surface area contributed by atoms with Crippen LogP contribution < -0.4 is 14.5 Å². The zero-order valence-electron chi connectivity index (χ0n) is 24.4. The predicted octanol–water partition coefficient (Wildman–Crippen LogP) is 7.34. The van der Waals surface area contributed by atoms with Gasteiger partial charge in [0.1, 0.15) is 17.6 Å². The summed E-state index contributed by atoms with van der Waals surface area (Å²) in [5.41, 5.74) is 4.78. The number of ether oxygens (including phenoxy) is 1. The van der Waals surface area contributed by atoms with Gasteiger partial charge in [-0.25, -0.2) is 4.90 Å². The SMILES string of the molecule is COc1ccc(N2C(=O)C3C(C2=O)C(C(=O)c2ccccc2)N2c4c(c(Cl)cc5cc(-c6ccc(C)cc6)oc45)C=CC32)cc1. The topological polar surface area (TPSA) is 80.1 Å². The van der Waals surface area contributed by atoms with Crippen LogP contribution in [-0.2, 0) is 9.59 Å². The van der Waals surface area contributed by atoms with Gasteiger partial charge in [-0.2, -0.15) is 0 Å². The van der Waals surface area contributed by atoms with Crippen molar-refractivity contribution in [1.82, 2.24) is 0 Å². The highest BCUT2D eigenvalue weighted by Crippen LogP contribution is 2.53. The van der Waals surface area contributed by atoms with E-state index in [4.69, 9.17) is 20.8 Å². The molecule has 0 spiro atoms. The van der Waals surface area contributed by atoms with Gasteiger partial charge in [-0.05, 0) is 43.3 Å². The number of halogens is 1. The Labute approximate surface area is 264 Å². The maximum Gasteiger partial charge on any atom is 0.240 e. The highest BCUT2D eigenvalue weighted by molar-refractivity contribution is 6.34. The zero-order chi connectivity index (χ0) is 31.0. The summed E-state index contributed by atoms with van der Waals surface area (Å²) in [6, 6.07) is 26.0. The van der Waals surface area contributed by atoms with Gasteiger partial charge in [-0.1, -0.05) is 83.9 Å². The van der Waals surface area contributed by atoms with E-state index in [1.807, 2.05) is 66.4 Å². The molecular weight excluding hydrogens is 588 g/mol. The lowest BCUT2D eigenvalue weighted by Crippen LogP contribution is -2.49. The summed E-state index contributed by atoms with van der Waals surface area (Å²) in [7, 11) is 1.55. The van der Waals surface area contributed by atoms with E-state index in [1.165, 1.54) is 4.90 Å². The predicted molar refractivity (Wildman–Crippen MR) is 174 cm³/mol. The van der Waals surface area contributed by atoms with Crippen LogP contribution in [0.1, 0.15) is 21.5 Å². The van der Waals surface area contributed by atoms with Gasteiger partial charge in [0.15, 0.2) is 11.4 Å². The number of hydrogen-bond acceptors (Lipinski definition) is 6. The number of benzene rings is 4. The molecule has 4 aromatic carbocycles. The highest BCUT2D eigenvalue weighted by Gasteiger charge is 2.64. The van der Waals surface area contributed by atoms with Gasteiger partial charge in [-0.3, -0.25) is 14.4 Å². The van der Waals surface area contributed by atoms with E-state index in [9.17, 15) is 14.4 Å². The lowest BCUT2D eigenvalue weighted by molar-refractivity contribution is -0.122. The largest absolute Gasteiger partial charge is 0.497 e. The van der Waals surface area contributed by atoms with Crippen LogP contribution in [0, 0.1) is 18.8 Å². The van der Waals surface area contributed by atoms with E-state index in [1.54, 1.807) is 55.6 Å². The smallest absolute Gasteiger partial charge is 0.240 e. The molecule has 0 aliphatic carbocycles. The molecule has 7 nitrogen and oxygen atoms in total. The molecule has 1 aromatic heterocycles. The maximum atomic E-state index is 14.5. The Bertz CT molecular complexity index is 2050. The Hall–Kier alpha value is -5.14. The lowest BCUT2D eigenvalue weighted by Gasteiger charge is -2.36. The van der Waals surface area contributed by atoms with E-state index in [0.29, 0.717) is 44.6 Å². The van der Waals surface area contributed by atoms with E-state index in [2.05, 4.69) is 0 Å².